The van der Waals surface area contributed by atoms with Crippen LogP contribution in [0.25, 0.3) is 21.6 Å². The minimum atomic E-state index is -0.704. The van der Waals surface area contributed by atoms with E-state index in [-0.39, 0.29) is 6.04 Å². The van der Waals surface area contributed by atoms with Crippen LogP contribution in [0, 0.1) is 11.8 Å². The van der Waals surface area contributed by atoms with Crippen molar-refractivity contribution in [3.05, 3.63) is 71.4 Å². The van der Waals surface area contributed by atoms with Gasteiger partial charge in [0.1, 0.15) is 17.4 Å². The standard InChI is InChI=1S/C24H23N5OS/c1-16(30)7-8-19-15-31-22-21(19)28-23(18-9-11-26-12-10-18)29-24(22)27-14-20(25)13-17-5-3-2-4-6-17/h2-6,9-12,15-16,20,30H,13-14,25H2,1H3,(H,27,28,29)/t16?,20-/m0/s1. The summed E-state index contributed by atoms with van der Waals surface area (Å²) < 4.78 is 0.916. The lowest BCUT2D eigenvalue weighted by molar-refractivity contribution is 0.253. The van der Waals surface area contributed by atoms with E-state index in [2.05, 4.69) is 34.3 Å². The molecule has 0 aliphatic carbocycles. The van der Waals surface area contributed by atoms with Gasteiger partial charge in [0.05, 0.1) is 10.3 Å². The molecule has 1 aromatic carbocycles. The van der Waals surface area contributed by atoms with Gasteiger partial charge in [0.25, 0.3) is 0 Å². The Balaban J connectivity index is 1.65. The normalized spacial score (nSPS) is 12.7. The molecule has 156 valence electrons. The van der Waals surface area contributed by atoms with E-state index in [1.54, 1.807) is 19.3 Å². The number of rotatable bonds is 6. The third-order valence-corrected chi connectivity index (χ3v) is 5.62. The van der Waals surface area contributed by atoms with Crippen LogP contribution in [0.15, 0.2) is 60.2 Å². The van der Waals surface area contributed by atoms with Crippen molar-refractivity contribution in [3.8, 4) is 23.2 Å². The maximum absolute atomic E-state index is 9.54. The van der Waals surface area contributed by atoms with Gasteiger partial charge in [-0.2, -0.15) is 0 Å². The highest BCUT2D eigenvalue weighted by molar-refractivity contribution is 7.18. The van der Waals surface area contributed by atoms with Crippen LogP contribution in [0.4, 0.5) is 5.82 Å². The van der Waals surface area contributed by atoms with Gasteiger partial charge < -0.3 is 16.2 Å². The molecule has 2 atom stereocenters. The molecule has 4 aromatic rings. The van der Waals surface area contributed by atoms with Crippen LogP contribution in [-0.2, 0) is 6.42 Å². The van der Waals surface area contributed by atoms with Crippen LogP contribution < -0.4 is 11.1 Å². The quantitative estimate of drug-likeness (QED) is 0.406. The third-order valence-electron chi connectivity index (χ3n) is 4.64. The summed E-state index contributed by atoms with van der Waals surface area (Å²) in [5, 5.41) is 14.9. The van der Waals surface area contributed by atoms with Crippen molar-refractivity contribution in [1.82, 2.24) is 15.0 Å². The molecule has 0 saturated heterocycles. The second-order valence-corrected chi connectivity index (χ2v) is 8.11. The molecule has 0 amide bonds. The van der Waals surface area contributed by atoms with Crippen LogP contribution in [-0.4, -0.2) is 38.7 Å². The summed E-state index contributed by atoms with van der Waals surface area (Å²) in [4.78, 5) is 13.6. The summed E-state index contributed by atoms with van der Waals surface area (Å²) in [6, 6.07) is 13.9. The molecule has 0 bridgehead atoms. The Kier molecular flexibility index (Phi) is 6.53. The predicted molar refractivity (Wildman–Crippen MR) is 126 cm³/mol. The Labute approximate surface area is 185 Å². The maximum Gasteiger partial charge on any atom is 0.162 e. The molecule has 0 spiro atoms. The number of hydrogen-bond donors (Lipinski definition) is 3. The van der Waals surface area contributed by atoms with Gasteiger partial charge in [-0.05, 0) is 31.0 Å². The molecule has 7 heteroatoms. The summed E-state index contributed by atoms with van der Waals surface area (Å²) in [6.45, 7) is 2.21. The van der Waals surface area contributed by atoms with Gasteiger partial charge in [-0.1, -0.05) is 42.2 Å². The van der Waals surface area contributed by atoms with Crippen molar-refractivity contribution in [3.63, 3.8) is 0 Å². The van der Waals surface area contributed by atoms with E-state index in [1.807, 2.05) is 35.7 Å². The lowest BCUT2D eigenvalue weighted by Crippen LogP contribution is -2.31. The number of fused-ring (bicyclic) bond motifs is 1. The smallest absolute Gasteiger partial charge is 0.162 e. The van der Waals surface area contributed by atoms with Crippen LogP contribution in [0.5, 0.6) is 0 Å². The fourth-order valence-electron chi connectivity index (χ4n) is 3.16. The average Bonchev–Trinajstić information content (AvgIpc) is 3.20. The number of nitrogens with two attached hydrogens (primary N) is 1. The molecule has 3 heterocycles. The highest BCUT2D eigenvalue weighted by Crippen LogP contribution is 2.32. The van der Waals surface area contributed by atoms with Crippen LogP contribution >= 0.6 is 11.3 Å². The molecule has 0 fully saturated rings. The van der Waals surface area contributed by atoms with Crippen molar-refractivity contribution in [2.45, 2.75) is 25.5 Å². The molecule has 0 radical (unpaired) electrons. The van der Waals surface area contributed by atoms with Gasteiger partial charge in [-0.15, -0.1) is 11.3 Å². The molecule has 0 aliphatic heterocycles. The second kappa shape index (κ2) is 9.67. The summed E-state index contributed by atoms with van der Waals surface area (Å²) in [7, 11) is 0. The number of benzene rings is 1. The summed E-state index contributed by atoms with van der Waals surface area (Å²) in [5.41, 5.74) is 9.98. The van der Waals surface area contributed by atoms with Crippen molar-refractivity contribution in [2.75, 3.05) is 11.9 Å². The molecule has 0 aliphatic rings. The number of aliphatic hydroxyl groups excluding tert-OH is 1. The first-order valence-electron chi connectivity index (χ1n) is 10.0. The average molecular weight is 430 g/mol. The molecule has 1 unspecified atom stereocenters. The lowest BCUT2D eigenvalue weighted by atomic mass is 10.1. The van der Waals surface area contributed by atoms with Gasteiger partial charge in [0.15, 0.2) is 5.82 Å². The molecular weight excluding hydrogens is 406 g/mol. The Bertz CT molecular complexity index is 1210. The minimum Gasteiger partial charge on any atom is -0.381 e. The topological polar surface area (TPSA) is 97.0 Å². The van der Waals surface area contributed by atoms with E-state index < -0.39 is 6.10 Å². The van der Waals surface area contributed by atoms with E-state index >= 15 is 0 Å². The Morgan fingerprint density at radius 1 is 1.13 bits per heavy atom. The molecule has 0 saturated carbocycles. The van der Waals surface area contributed by atoms with Crippen molar-refractivity contribution in [2.24, 2.45) is 5.73 Å². The first-order chi connectivity index (χ1) is 15.1. The highest BCUT2D eigenvalue weighted by Gasteiger charge is 2.15. The summed E-state index contributed by atoms with van der Waals surface area (Å²) >= 11 is 1.53. The van der Waals surface area contributed by atoms with Gasteiger partial charge in [0.2, 0.25) is 0 Å². The third kappa shape index (κ3) is 5.25. The van der Waals surface area contributed by atoms with Crippen molar-refractivity contribution >= 4 is 27.4 Å². The largest absolute Gasteiger partial charge is 0.381 e. The SMILES string of the molecule is CC(O)C#Cc1csc2c(NC[C@@H](N)Cc3ccccc3)nc(-c3ccncc3)nc12. The lowest BCUT2D eigenvalue weighted by Gasteiger charge is -2.14. The number of aliphatic hydroxyl groups is 1. The molecule has 31 heavy (non-hydrogen) atoms. The van der Waals surface area contributed by atoms with E-state index in [4.69, 9.17) is 15.7 Å². The first-order valence-corrected chi connectivity index (χ1v) is 10.9. The molecule has 6 nitrogen and oxygen atoms in total. The molecule has 4 N–H and O–H groups in total. The number of anilines is 1. The van der Waals surface area contributed by atoms with Crippen LogP contribution in [0.3, 0.4) is 0 Å². The number of hydrogen-bond acceptors (Lipinski definition) is 7. The number of pyridine rings is 1. The summed E-state index contributed by atoms with van der Waals surface area (Å²) in [6.07, 6.45) is 3.50. The molecule has 4 rings (SSSR count). The number of nitrogens with zero attached hydrogens (tertiary/aromatic N) is 3. The van der Waals surface area contributed by atoms with Gasteiger partial charge in [-0.25, -0.2) is 9.97 Å². The van der Waals surface area contributed by atoms with Gasteiger partial charge in [0, 0.05) is 35.9 Å². The van der Waals surface area contributed by atoms with E-state index in [1.165, 1.54) is 16.9 Å². The number of nitrogens with one attached hydrogen (secondary N) is 1. The predicted octanol–water partition coefficient (Wildman–Crippen LogP) is 3.47. The van der Waals surface area contributed by atoms with Crippen molar-refractivity contribution < 1.29 is 5.11 Å². The van der Waals surface area contributed by atoms with Crippen LogP contribution in [0.2, 0.25) is 0 Å². The fourth-order valence-corrected chi connectivity index (χ4v) is 4.06. The van der Waals surface area contributed by atoms with Crippen molar-refractivity contribution in [1.29, 1.82) is 0 Å². The Morgan fingerprint density at radius 2 is 1.90 bits per heavy atom. The highest BCUT2D eigenvalue weighted by atomic mass is 32.1. The monoisotopic (exact) mass is 429 g/mol. The van der Waals surface area contributed by atoms with Gasteiger partial charge >= 0.3 is 0 Å². The fraction of sp³-hybridized carbons (Fsp3) is 0.208. The molecule has 3 aromatic heterocycles. The zero-order valence-electron chi connectivity index (χ0n) is 17.1. The Hall–Kier alpha value is -3.31. The van der Waals surface area contributed by atoms with E-state index in [9.17, 15) is 5.11 Å². The zero-order valence-corrected chi connectivity index (χ0v) is 17.9. The van der Waals surface area contributed by atoms with E-state index in [0.29, 0.717) is 12.4 Å². The Morgan fingerprint density at radius 3 is 2.65 bits per heavy atom. The summed E-state index contributed by atoms with van der Waals surface area (Å²) in [5.74, 6) is 7.15. The minimum absolute atomic E-state index is 0.0637. The van der Waals surface area contributed by atoms with E-state index in [0.717, 1.165) is 33.6 Å². The maximum atomic E-state index is 9.54. The van der Waals surface area contributed by atoms with Crippen LogP contribution in [0.1, 0.15) is 18.1 Å². The number of thiophene rings is 1. The second-order valence-electron chi connectivity index (χ2n) is 7.23. The molecular formula is C24H23N5OS. The van der Waals surface area contributed by atoms with Gasteiger partial charge in [-0.3, -0.25) is 4.98 Å². The zero-order chi connectivity index (χ0) is 21.6. The first kappa shape index (κ1) is 20.9. The number of aromatic nitrogens is 3.